The molecule has 2 aliphatic rings. The third-order valence-electron chi connectivity index (χ3n) is 7.57. The molecule has 0 saturated carbocycles. The molecule has 5 rings (SSSR count). The van der Waals surface area contributed by atoms with Gasteiger partial charge in [0.05, 0.1) is 41.1 Å². The first kappa shape index (κ1) is 28.7. The zero-order valence-corrected chi connectivity index (χ0v) is 24.7. The van der Waals surface area contributed by atoms with Gasteiger partial charge in [-0.1, -0.05) is 13.0 Å². The van der Waals surface area contributed by atoms with Crippen LogP contribution in [0.15, 0.2) is 30.3 Å². The van der Waals surface area contributed by atoms with E-state index in [0.717, 1.165) is 58.4 Å². The average molecular weight is 564 g/mol. The normalized spacial score (nSPS) is 16.6. The zero-order valence-electron chi connectivity index (χ0n) is 24.7. The van der Waals surface area contributed by atoms with Crippen molar-refractivity contribution in [3.63, 3.8) is 0 Å². The van der Waals surface area contributed by atoms with Crippen molar-refractivity contribution in [2.45, 2.75) is 58.7 Å². The molecule has 10 heteroatoms. The number of fused-ring (bicyclic) bond motifs is 1. The lowest BCUT2D eigenvalue weighted by Crippen LogP contribution is -2.50. The predicted molar refractivity (Wildman–Crippen MR) is 159 cm³/mol. The fourth-order valence-electron chi connectivity index (χ4n) is 5.43. The number of hydrogen-bond acceptors (Lipinski definition) is 7. The highest BCUT2D eigenvalue weighted by atomic mass is 16.6. The number of rotatable bonds is 6. The van der Waals surface area contributed by atoms with Crippen LogP contribution in [0.3, 0.4) is 0 Å². The molecule has 2 saturated heterocycles. The molecule has 0 atom stereocenters. The summed E-state index contributed by atoms with van der Waals surface area (Å²) in [5.41, 5.74) is 4.72. The molecule has 3 aromatic rings. The van der Waals surface area contributed by atoms with Gasteiger partial charge in [0.15, 0.2) is 0 Å². The second kappa shape index (κ2) is 12.0. The fourth-order valence-corrected chi connectivity index (χ4v) is 5.43. The summed E-state index contributed by atoms with van der Waals surface area (Å²) in [6.07, 6.45) is 2.28. The highest BCUT2D eigenvalue weighted by molar-refractivity contribution is 6.01. The number of hydrogen-bond donors (Lipinski definition) is 2. The standard InChI is InChI=1S/C31H41N5O5/c1-6-24-28-25(34-33-24)17-21(19-27(28)40-22-9-15-39-16-10-22)20-7-8-23(29(37)32-5)26(18-20)35-11-13-36(14-12-35)30(38)41-31(2,3)4/h7-8,17-19,22H,6,9-16H2,1-5H3,(H,32,37)(H,33,34). The number of H-pyrrole nitrogens is 1. The van der Waals surface area contributed by atoms with E-state index < -0.39 is 5.60 Å². The lowest BCUT2D eigenvalue weighted by atomic mass is 9.98. The smallest absolute Gasteiger partial charge is 0.410 e. The van der Waals surface area contributed by atoms with Crippen molar-refractivity contribution in [2.75, 3.05) is 51.3 Å². The van der Waals surface area contributed by atoms with Crippen molar-refractivity contribution in [3.8, 4) is 16.9 Å². The van der Waals surface area contributed by atoms with E-state index in [9.17, 15) is 9.59 Å². The Kier molecular flexibility index (Phi) is 8.40. The van der Waals surface area contributed by atoms with Crippen molar-refractivity contribution < 1.29 is 23.8 Å². The van der Waals surface area contributed by atoms with E-state index in [0.29, 0.717) is 45.0 Å². The Balaban J connectivity index is 1.47. The summed E-state index contributed by atoms with van der Waals surface area (Å²) < 4.78 is 17.7. The number of ether oxygens (including phenoxy) is 3. The maximum atomic E-state index is 12.9. The topological polar surface area (TPSA) is 109 Å². The zero-order chi connectivity index (χ0) is 29.1. The number of nitrogens with zero attached hydrogens (tertiary/aromatic N) is 3. The van der Waals surface area contributed by atoms with Crippen LogP contribution in [-0.4, -0.2) is 85.2 Å². The van der Waals surface area contributed by atoms with Gasteiger partial charge in [0.2, 0.25) is 0 Å². The van der Waals surface area contributed by atoms with E-state index in [1.54, 1.807) is 11.9 Å². The highest BCUT2D eigenvalue weighted by Gasteiger charge is 2.28. The summed E-state index contributed by atoms with van der Waals surface area (Å²) in [6.45, 7) is 11.3. The Hall–Kier alpha value is -3.79. The summed E-state index contributed by atoms with van der Waals surface area (Å²) in [6, 6.07) is 10.1. The SMILES string of the molecule is CCc1n[nH]c2cc(-c3ccc(C(=O)NC)c(N4CCN(C(=O)OC(C)(C)C)CC4)c3)cc(OC3CCOCC3)c12. The van der Waals surface area contributed by atoms with Gasteiger partial charge in [0.25, 0.3) is 5.91 Å². The van der Waals surface area contributed by atoms with E-state index in [2.05, 4.69) is 45.5 Å². The van der Waals surface area contributed by atoms with E-state index in [4.69, 9.17) is 14.2 Å². The molecule has 10 nitrogen and oxygen atoms in total. The maximum absolute atomic E-state index is 12.9. The van der Waals surface area contributed by atoms with Crippen molar-refractivity contribution in [1.29, 1.82) is 0 Å². The second-order valence-corrected chi connectivity index (χ2v) is 11.6. The predicted octanol–water partition coefficient (Wildman–Crippen LogP) is 4.77. The Morgan fingerprint density at radius 3 is 2.46 bits per heavy atom. The van der Waals surface area contributed by atoms with Gasteiger partial charge in [-0.15, -0.1) is 0 Å². The van der Waals surface area contributed by atoms with Crippen LogP contribution in [0, 0.1) is 0 Å². The van der Waals surface area contributed by atoms with Gasteiger partial charge in [0.1, 0.15) is 17.5 Å². The van der Waals surface area contributed by atoms with Gasteiger partial charge in [-0.3, -0.25) is 9.89 Å². The molecule has 2 amide bonds. The summed E-state index contributed by atoms with van der Waals surface area (Å²) in [7, 11) is 1.64. The Bertz CT molecular complexity index is 1400. The minimum Gasteiger partial charge on any atom is -0.489 e. The molecule has 0 radical (unpaired) electrons. The van der Waals surface area contributed by atoms with Crippen LogP contribution in [0.2, 0.25) is 0 Å². The lowest BCUT2D eigenvalue weighted by Gasteiger charge is -2.37. The Morgan fingerprint density at radius 1 is 1.07 bits per heavy atom. The number of carbonyl (C=O) groups excluding carboxylic acids is 2. The molecule has 2 aliphatic heterocycles. The summed E-state index contributed by atoms with van der Waals surface area (Å²) in [5.74, 6) is 0.666. The lowest BCUT2D eigenvalue weighted by molar-refractivity contribution is 0.0239. The van der Waals surface area contributed by atoms with E-state index >= 15 is 0 Å². The van der Waals surface area contributed by atoms with E-state index in [-0.39, 0.29) is 18.1 Å². The largest absolute Gasteiger partial charge is 0.489 e. The molecule has 0 bridgehead atoms. The van der Waals surface area contributed by atoms with Gasteiger partial charge in [0, 0.05) is 46.1 Å². The van der Waals surface area contributed by atoms with Crippen molar-refractivity contribution >= 4 is 28.6 Å². The van der Waals surface area contributed by atoms with Crippen LogP contribution in [0.5, 0.6) is 5.75 Å². The van der Waals surface area contributed by atoms with Crippen molar-refractivity contribution in [1.82, 2.24) is 20.4 Å². The first-order chi connectivity index (χ1) is 19.7. The van der Waals surface area contributed by atoms with E-state index in [1.807, 2.05) is 32.9 Å². The molecule has 220 valence electrons. The van der Waals surface area contributed by atoms with Gasteiger partial charge in [-0.2, -0.15) is 5.10 Å². The van der Waals surface area contributed by atoms with Crippen LogP contribution in [0.1, 0.15) is 56.6 Å². The molecule has 3 heterocycles. The molecule has 41 heavy (non-hydrogen) atoms. The number of nitrogens with one attached hydrogen (secondary N) is 2. The van der Waals surface area contributed by atoms with Gasteiger partial charge < -0.3 is 29.3 Å². The van der Waals surface area contributed by atoms with Crippen LogP contribution in [0.25, 0.3) is 22.0 Å². The van der Waals surface area contributed by atoms with Crippen molar-refractivity contribution in [2.24, 2.45) is 0 Å². The molecule has 0 spiro atoms. The molecule has 2 fully saturated rings. The number of amides is 2. The van der Waals surface area contributed by atoms with Gasteiger partial charge >= 0.3 is 6.09 Å². The quantitative estimate of drug-likeness (QED) is 0.445. The molecule has 0 unspecified atom stereocenters. The fraction of sp³-hybridized carbons (Fsp3) is 0.516. The van der Waals surface area contributed by atoms with E-state index in [1.165, 1.54) is 0 Å². The number of benzene rings is 2. The molecular weight excluding hydrogens is 522 g/mol. The number of carbonyl (C=O) groups is 2. The monoisotopic (exact) mass is 563 g/mol. The summed E-state index contributed by atoms with van der Waals surface area (Å²) in [4.78, 5) is 29.4. The van der Waals surface area contributed by atoms with Crippen LogP contribution in [0.4, 0.5) is 10.5 Å². The number of aryl methyl sites for hydroxylation is 1. The Morgan fingerprint density at radius 2 is 1.80 bits per heavy atom. The summed E-state index contributed by atoms with van der Waals surface area (Å²) >= 11 is 0. The number of piperazine rings is 1. The third kappa shape index (κ3) is 6.43. The van der Waals surface area contributed by atoms with Gasteiger partial charge in [-0.25, -0.2) is 4.79 Å². The first-order valence-corrected chi connectivity index (χ1v) is 14.5. The first-order valence-electron chi connectivity index (χ1n) is 14.5. The average Bonchev–Trinajstić information content (AvgIpc) is 3.40. The highest BCUT2D eigenvalue weighted by Crippen LogP contribution is 2.37. The minimum atomic E-state index is -0.546. The molecule has 1 aromatic heterocycles. The van der Waals surface area contributed by atoms with Crippen LogP contribution >= 0.6 is 0 Å². The van der Waals surface area contributed by atoms with Crippen LogP contribution in [-0.2, 0) is 15.9 Å². The van der Waals surface area contributed by atoms with Crippen LogP contribution < -0.4 is 15.0 Å². The number of aromatic amines is 1. The minimum absolute atomic E-state index is 0.0919. The molecule has 0 aliphatic carbocycles. The molecule has 2 aromatic carbocycles. The number of anilines is 1. The van der Waals surface area contributed by atoms with Crippen molar-refractivity contribution in [3.05, 3.63) is 41.6 Å². The molecular formula is C31H41N5O5. The summed E-state index contributed by atoms with van der Waals surface area (Å²) in [5, 5.41) is 11.5. The second-order valence-electron chi connectivity index (χ2n) is 11.6. The third-order valence-corrected chi connectivity index (χ3v) is 7.57. The maximum Gasteiger partial charge on any atom is 0.410 e. The molecule has 2 N–H and O–H groups in total. The Labute approximate surface area is 241 Å². The van der Waals surface area contributed by atoms with Gasteiger partial charge in [-0.05, 0) is 62.6 Å². The number of aromatic nitrogens is 2.